The van der Waals surface area contributed by atoms with Gasteiger partial charge in [-0.3, -0.25) is 0 Å². The van der Waals surface area contributed by atoms with Crippen LogP contribution in [0.5, 0.6) is 5.75 Å². The molecule has 20 heavy (non-hydrogen) atoms. The normalized spacial score (nSPS) is 16.9. The molecule has 0 bridgehead atoms. The highest BCUT2D eigenvalue weighted by molar-refractivity contribution is 5.67. The van der Waals surface area contributed by atoms with E-state index in [4.69, 9.17) is 10.5 Å². The minimum atomic E-state index is -0.301. The van der Waals surface area contributed by atoms with Crippen molar-refractivity contribution >= 4 is 11.4 Å². The van der Waals surface area contributed by atoms with Crippen LogP contribution < -0.4 is 15.4 Å². The van der Waals surface area contributed by atoms with E-state index < -0.39 is 0 Å². The number of hydrogen-bond acceptors (Lipinski definition) is 4. The Morgan fingerprint density at radius 3 is 2.80 bits per heavy atom. The zero-order valence-corrected chi connectivity index (χ0v) is 11.0. The van der Waals surface area contributed by atoms with Gasteiger partial charge in [-0.2, -0.15) is 5.26 Å². The molecule has 2 aromatic rings. The van der Waals surface area contributed by atoms with E-state index in [0.29, 0.717) is 18.8 Å². The van der Waals surface area contributed by atoms with Crippen LogP contribution in [0.3, 0.4) is 0 Å². The third-order valence-corrected chi connectivity index (χ3v) is 3.41. The van der Waals surface area contributed by atoms with Crippen molar-refractivity contribution in [2.24, 2.45) is 0 Å². The summed E-state index contributed by atoms with van der Waals surface area (Å²) in [5.74, 6) is 0.779. The summed E-state index contributed by atoms with van der Waals surface area (Å²) in [6.45, 7) is 1.04. The zero-order valence-electron chi connectivity index (χ0n) is 11.0. The SMILES string of the molecule is N#CC1COc2ccc(N)cc2N1Cc1ccccc1. The van der Waals surface area contributed by atoms with Gasteiger partial charge in [-0.1, -0.05) is 30.3 Å². The highest BCUT2D eigenvalue weighted by atomic mass is 16.5. The number of rotatable bonds is 2. The maximum Gasteiger partial charge on any atom is 0.151 e. The third-order valence-electron chi connectivity index (χ3n) is 3.41. The molecule has 1 unspecified atom stereocenters. The van der Waals surface area contributed by atoms with Crippen molar-refractivity contribution in [2.45, 2.75) is 12.6 Å². The molecule has 1 atom stereocenters. The Bertz CT molecular complexity index is 649. The fourth-order valence-electron chi connectivity index (χ4n) is 2.39. The standard InChI is InChI=1S/C16H15N3O/c17-9-14-11-20-16-7-6-13(18)8-15(16)19(14)10-12-4-2-1-3-5-12/h1-8,14H,10-11,18H2. The summed E-state index contributed by atoms with van der Waals surface area (Å²) in [6, 6.07) is 17.6. The van der Waals surface area contributed by atoms with Gasteiger partial charge >= 0.3 is 0 Å². The van der Waals surface area contributed by atoms with E-state index in [1.807, 2.05) is 41.3 Å². The van der Waals surface area contributed by atoms with Crippen molar-refractivity contribution in [3.05, 3.63) is 54.1 Å². The fraction of sp³-hybridized carbons (Fsp3) is 0.188. The van der Waals surface area contributed by atoms with E-state index >= 15 is 0 Å². The van der Waals surface area contributed by atoms with Gasteiger partial charge in [-0.05, 0) is 23.8 Å². The van der Waals surface area contributed by atoms with Crippen molar-refractivity contribution < 1.29 is 4.74 Å². The van der Waals surface area contributed by atoms with Crippen LogP contribution in [-0.4, -0.2) is 12.6 Å². The van der Waals surface area contributed by atoms with Gasteiger partial charge < -0.3 is 15.4 Å². The van der Waals surface area contributed by atoms with Gasteiger partial charge in [0.2, 0.25) is 0 Å². The van der Waals surface area contributed by atoms with Gasteiger partial charge in [-0.15, -0.1) is 0 Å². The van der Waals surface area contributed by atoms with Crippen LogP contribution in [0.1, 0.15) is 5.56 Å². The smallest absolute Gasteiger partial charge is 0.151 e. The molecular formula is C16H15N3O. The first-order chi connectivity index (χ1) is 9.78. The van der Waals surface area contributed by atoms with Crippen LogP contribution in [-0.2, 0) is 6.54 Å². The first-order valence-corrected chi connectivity index (χ1v) is 6.50. The Balaban J connectivity index is 1.98. The highest BCUT2D eigenvalue weighted by Gasteiger charge is 2.27. The van der Waals surface area contributed by atoms with E-state index in [1.165, 1.54) is 0 Å². The molecular weight excluding hydrogens is 250 g/mol. The van der Waals surface area contributed by atoms with E-state index in [9.17, 15) is 5.26 Å². The molecule has 0 saturated heterocycles. The van der Waals surface area contributed by atoms with Gasteiger partial charge in [0.15, 0.2) is 6.04 Å². The average molecular weight is 265 g/mol. The van der Waals surface area contributed by atoms with E-state index in [1.54, 1.807) is 0 Å². The lowest BCUT2D eigenvalue weighted by atomic mass is 10.1. The first-order valence-electron chi connectivity index (χ1n) is 6.50. The molecule has 2 aromatic carbocycles. The number of hydrogen-bond donors (Lipinski definition) is 1. The van der Waals surface area contributed by atoms with Gasteiger partial charge in [0.1, 0.15) is 12.4 Å². The lowest BCUT2D eigenvalue weighted by Crippen LogP contribution is -2.41. The molecule has 0 aliphatic carbocycles. The van der Waals surface area contributed by atoms with Crippen molar-refractivity contribution in [3.63, 3.8) is 0 Å². The van der Waals surface area contributed by atoms with Crippen LogP contribution in [0.15, 0.2) is 48.5 Å². The topological polar surface area (TPSA) is 62.3 Å². The molecule has 0 radical (unpaired) electrons. The monoisotopic (exact) mass is 265 g/mol. The number of anilines is 2. The van der Waals surface area contributed by atoms with Crippen LogP contribution in [0.25, 0.3) is 0 Å². The minimum absolute atomic E-state index is 0.301. The molecule has 0 spiro atoms. The molecule has 1 aliphatic heterocycles. The van der Waals surface area contributed by atoms with Crippen molar-refractivity contribution in [1.29, 1.82) is 5.26 Å². The average Bonchev–Trinajstić information content (AvgIpc) is 2.49. The number of fused-ring (bicyclic) bond motifs is 1. The molecule has 3 rings (SSSR count). The van der Waals surface area contributed by atoms with E-state index in [-0.39, 0.29) is 6.04 Å². The Morgan fingerprint density at radius 1 is 1.25 bits per heavy atom. The predicted molar refractivity (Wildman–Crippen MR) is 78.4 cm³/mol. The van der Waals surface area contributed by atoms with Gasteiger partial charge in [-0.25, -0.2) is 0 Å². The lowest BCUT2D eigenvalue weighted by molar-refractivity contribution is 0.283. The number of nitrogens with two attached hydrogens (primary N) is 1. The fourth-order valence-corrected chi connectivity index (χ4v) is 2.39. The third kappa shape index (κ3) is 2.26. The molecule has 0 fully saturated rings. The number of benzene rings is 2. The lowest BCUT2D eigenvalue weighted by Gasteiger charge is -2.35. The Hall–Kier alpha value is -2.67. The van der Waals surface area contributed by atoms with Crippen molar-refractivity contribution in [3.8, 4) is 11.8 Å². The zero-order chi connectivity index (χ0) is 13.9. The summed E-state index contributed by atoms with van der Waals surface area (Å²) in [7, 11) is 0. The summed E-state index contributed by atoms with van der Waals surface area (Å²) in [6.07, 6.45) is 0. The molecule has 0 aromatic heterocycles. The second-order valence-electron chi connectivity index (χ2n) is 4.80. The molecule has 1 aliphatic rings. The van der Waals surface area contributed by atoms with Gasteiger partial charge in [0, 0.05) is 12.2 Å². The van der Waals surface area contributed by atoms with Crippen LogP contribution >= 0.6 is 0 Å². The number of nitrogens with zero attached hydrogens (tertiary/aromatic N) is 2. The molecule has 2 N–H and O–H groups in total. The Kier molecular flexibility index (Phi) is 3.18. The quantitative estimate of drug-likeness (QED) is 0.848. The van der Waals surface area contributed by atoms with Gasteiger partial charge in [0.05, 0.1) is 11.8 Å². The van der Waals surface area contributed by atoms with Crippen molar-refractivity contribution in [1.82, 2.24) is 0 Å². The number of nitriles is 1. The summed E-state index contributed by atoms with van der Waals surface area (Å²) in [5.41, 5.74) is 8.57. The van der Waals surface area contributed by atoms with Crippen LogP contribution in [0, 0.1) is 11.3 Å². The van der Waals surface area contributed by atoms with E-state index in [0.717, 1.165) is 17.0 Å². The van der Waals surface area contributed by atoms with Crippen molar-refractivity contribution in [2.75, 3.05) is 17.2 Å². The van der Waals surface area contributed by atoms with E-state index in [2.05, 4.69) is 18.2 Å². The molecule has 4 heteroatoms. The molecule has 4 nitrogen and oxygen atoms in total. The number of ether oxygens (including phenoxy) is 1. The minimum Gasteiger partial charge on any atom is -0.488 e. The Labute approximate surface area is 118 Å². The summed E-state index contributed by atoms with van der Waals surface area (Å²) in [5, 5.41) is 9.33. The maximum atomic E-state index is 9.33. The highest BCUT2D eigenvalue weighted by Crippen LogP contribution is 2.36. The summed E-state index contributed by atoms with van der Waals surface area (Å²) in [4.78, 5) is 2.05. The molecule has 1 heterocycles. The molecule has 0 saturated carbocycles. The summed E-state index contributed by atoms with van der Waals surface area (Å²) < 4.78 is 5.63. The Morgan fingerprint density at radius 2 is 2.05 bits per heavy atom. The summed E-state index contributed by atoms with van der Waals surface area (Å²) >= 11 is 0. The first kappa shape index (κ1) is 12.4. The van der Waals surface area contributed by atoms with Crippen LogP contribution in [0.4, 0.5) is 11.4 Å². The predicted octanol–water partition coefficient (Wildman–Crippen LogP) is 2.56. The van der Waals surface area contributed by atoms with Gasteiger partial charge in [0.25, 0.3) is 0 Å². The number of nitrogen functional groups attached to an aromatic ring is 1. The maximum absolute atomic E-state index is 9.33. The molecule has 100 valence electrons. The van der Waals surface area contributed by atoms with Crippen LogP contribution in [0.2, 0.25) is 0 Å². The second-order valence-corrected chi connectivity index (χ2v) is 4.80. The second kappa shape index (κ2) is 5.14. The largest absolute Gasteiger partial charge is 0.488 e. The molecule has 0 amide bonds.